The molecule has 2 heterocycles. The number of carbonyl (C=O) groups is 3. The van der Waals surface area contributed by atoms with Crippen molar-refractivity contribution in [2.45, 2.75) is 62.7 Å². The second-order valence-corrected chi connectivity index (χ2v) is 8.12. The maximum absolute atomic E-state index is 13.3. The second-order valence-electron chi connectivity index (χ2n) is 8.12. The molecule has 8 heteroatoms. The first kappa shape index (κ1) is 22.2. The zero-order valence-corrected chi connectivity index (χ0v) is 17.5. The van der Waals surface area contributed by atoms with Gasteiger partial charge < -0.3 is 19.5 Å². The number of carbonyl (C=O) groups excluding carboxylic acids is 2. The van der Waals surface area contributed by atoms with Crippen LogP contribution in [0.5, 0.6) is 0 Å². The molecule has 164 valence electrons. The van der Waals surface area contributed by atoms with Crippen molar-refractivity contribution in [2.24, 2.45) is 0 Å². The van der Waals surface area contributed by atoms with Crippen LogP contribution in [0.2, 0.25) is 0 Å². The number of amides is 1. The summed E-state index contributed by atoms with van der Waals surface area (Å²) in [6.45, 7) is 2.53. The van der Waals surface area contributed by atoms with Gasteiger partial charge in [0.2, 0.25) is 5.91 Å². The fourth-order valence-corrected chi connectivity index (χ4v) is 4.54. The number of likely N-dealkylation sites (tertiary alicyclic amines) is 1. The van der Waals surface area contributed by atoms with E-state index in [0.717, 1.165) is 5.56 Å². The Bertz CT molecular complexity index is 762. The molecule has 1 spiro atoms. The molecule has 30 heavy (non-hydrogen) atoms. The predicted molar refractivity (Wildman–Crippen MR) is 109 cm³/mol. The van der Waals surface area contributed by atoms with Gasteiger partial charge in [0.05, 0.1) is 25.3 Å². The third kappa shape index (κ3) is 4.65. The van der Waals surface area contributed by atoms with E-state index in [1.165, 1.54) is 12.0 Å². The lowest BCUT2D eigenvalue weighted by atomic mass is 9.95. The van der Waals surface area contributed by atoms with Crippen molar-refractivity contribution in [3.8, 4) is 0 Å². The van der Waals surface area contributed by atoms with E-state index in [1.54, 1.807) is 6.92 Å². The molecule has 0 bridgehead atoms. The smallest absolute Gasteiger partial charge is 0.326 e. The summed E-state index contributed by atoms with van der Waals surface area (Å²) >= 11 is 0. The zero-order valence-electron chi connectivity index (χ0n) is 17.5. The second kappa shape index (κ2) is 9.57. The predicted octanol–water partition coefficient (Wildman–Crippen LogP) is 1.37. The summed E-state index contributed by atoms with van der Waals surface area (Å²) in [6, 6.07) is 7.48. The molecular formula is C22H30N2O6. The third-order valence-electron chi connectivity index (χ3n) is 6.18. The third-order valence-corrected chi connectivity index (χ3v) is 6.18. The summed E-state index contributed by atoms with van der Waals surface area (Å²) in [4.78, 5) is 38.9. The van der Waals surface area contributed by atoms with Gasteiger partial charge in [0.1, 0.15) is 12.1 Å². The van der Waals surface area contributed by atoms with Crippen molar-refractivity contribution in [3.63, 3.8) is 0 Å². The highest BCUT2D eigenvalue weighted by Crippen LogP contribution is 2.40. The minimum atomic E-state index is -1.01. The van der Waals surface area contributed by atoms with Gasteiger partial charge in [-0.25, -0.2) is 4.79 Å². The highest BCUT2D eigenvalue weighted by atomic mass is 16.5. The van der Waals surface area contributed by atoms with Crippen LogP contribution >= 0.6 is 0 Å². The molecule has 3 unspecified atom stereocenters. The summed E-state index contributed by atoms with van der Waals surface area (Å²) in [5.41, 5.74) is 0.515. The van der Waals surface area contributed by atoms with E-state index in [9.17, 15) is 19.5 Å². The Labute approximate surface area is 176 Å². The topological polar surface area (TPSA) is 105 Å². The molecule has 2 aliphatic heterocycles. The fourth-order valence-electron chi connectivity index (χ4n) is 4.54. The summed E-state index contributed by atoms with van der Waals surface area (Å²) in [6.07, 6.45) is 2.75. The lowest BCUT2D eigenvalue weighted by Gasteiger charge is -2.38. The lowest BCUT2D eigenvalue weighted by Crippen LogP contribution is -2.59. The van der Waals surface area contributed by atoms with Gasteiger partial charge in [-0.15, -0.1) is 0 Å². The first-order valence-corrected chi connectivity index (χ1v) is 10.4. The van der Waals surface area contributed by atoms with Crippen molar-refractivity contribution in [1.29, 1.82) is 0 Å². The molecule has 8 nitrogen and oxygen atoms in total. The Balaban J connectivity index is 1.71. The Morgan fingerprint density at radius 3 is 2.63 bits per heavy atom. The molecular weight excluding hydrogens is 388 g/mol. The van der Waals surface area contributed by atoms with Gasteiger partial charge in [-0.3, -0.25) is 14.9 Å². The molecule has 0 saturated carbocycles. The number of nitrogens with one attached hydrogen (secondary N) is 1. The molecule has 1 amide bonds. The van der Waals surface area contributed by atoms with E-state index in [0.29, 0.717) is 45.3 Å². The number of benzene rings is 1. The van der Waals surface area contributed by atoms with E-state index in [2.05, 4.69) is 5.32 Å². The maximum atomic E-state index is 13.3. The van der Waals surface area contributed by atoms with Gasteiger partial charge in [0, 0.05) is 6.61 Å². The van der Waals surface area contributed by atoms with E-state index in [4.69, 9.17) is 9.47 Å². The molecule has 0 radical (unpaired) electrons. The molecule has 1 aromatic rings. The van der Waals surface area contributed by atoms with Crippen LogP contribution in [-0.4, -0.2) is 71.8 Å². The molecule has 0 aromatic heterocycles. The van der Waals surface area contributed by atoms with Gasteiger partial charge in [0.25, 0.3) is 0 Å². The molecule has 4 atom stereocenters. The van der Waals surface area contributed by atoms with E-state index in [1.807, 2.05) is 30.3 Å². The average molecular weight is 418 g/mol. The quantitative estimate of drug-likeness (QED) is 0.615. The average Bonchev–Trinajstić information content (AvgIpc) is 3.38. The van der Waals surface area contributed by atoms with Gasteiger partial charge in [-0.1, -0.05) is 30.3 Å². The first-order chi connectivity index (χ1) is 14.4. The zero-order chi connectivity index (χ0) is 21.7. The normalized spacial score (nSPS) is 25.3. The van der Waals surface area contributed by atoms with Crippen LogP contribution in [0.15, 0.2) is 30.3 Å². The minimum Gasteiger partial charge on any atom is -0.480 e. The fraction of sp³-hybridized carbons (Fsp3) is 0.591. The number of carboxylic acid groups (broad SMARTS) is 1. The molecule has 2 N–H and O–H groups in total. The van der Waals surface area contributed by atoms with Gasteiger partial charge >= 0.3 is 11.9 Å². The van der Waals surface area contributed by atoms with Gasteiger partial charge in [0.15, 0.2) is 0 Å². The largest absolute Gasteiger partial charge is 0.480 e. The van der Waals surface area contributed by atoms with Gasteiger partial charge in [-0.2, -0.15) is 0 Å². The number of rotatable bonds is 8. The number of nitrogens with zero attached hydrogens (tertiary/aromatic N) is 1. The Morgan fingerprint density at radius 1 is 1.30 bits per heavy atom. The molecule has 3 rings (SSSR count). The van der Waals surface area contributed by atoms with E-state index < -0.39 is 35.6 Å². The molecule has 1 aromatic carbocycles. The summed E-state index contributed by atoms with van der Waals surface area (Å²) in [5, 5.41) is 12.7. The molecule has 2 fully saturated rings. The number of aliphatic carboxylic acids is 1. The molecule has 2 saturated heterocycles. The summed E-state index contributed by atoms with van der Waals surface area (Å²) in [7, 11) is 1.32. The Hall–Kier alpha value is -2.45. The highest BCUT2D eigenvalue weighted by molar-refractivity contribution is 5.89. The number of esters is 1. The monoisotopic (exact) mass is 418 g/mol. The van der Waals surface area contributed by atoms with Crippen molar-refractivity contribution in [1.82, 2.24) is 10.2 Å². The van der Waals surface area contributed by atoms with Crippen molar-refractivity contribution in [3.05, 3.63) is 35.9 Å². The highest BCUT2D eigenvalue weighted by Gasteiger charge is 2.54. The number of carboxylic acids is 1. The number of hydrogen-bond donors (Lipinski definition) is 2. The standard InChI is InChI=1S/C22H30N2O6/c1-15(23-17(21(28)29-2)9-8-16-6-4-3-5-7-16)19(25)24-18(20(26)27)10-11-22(24)12-13-30-14-22/h3-7,15,17-18,23H,8-14H2,1-2H3,(H,26,27)/t15-,17?,18?,22?/m0/s1. The van der Waals surface area contributed by atoms with E-state index in [-0.39, 0.29) is 5.91 Å². The maximum Gasteiger partial charge on any atom is 0.326 e. The van der Waals surface area contributed by atoms with Crippen LogP contribution in [0.25, 0.3) is 0 Å². The van der Waals surface area contributed by atoms with Crippen LogP contribution in [-0.2, 0) is 30.3 Å². The number of hydrogen-bond acceptors (Lipinski definition) is 6. The van der Waals surface area contributed by atoms with Crippen LogP contribution < -0.4 is 5.32 Å². The lowest BCUT2D eigenvalue weighted by molar-refractivity contribution is -0.154. The summed E-state index contributed by atoms with van der Waals surface area (Å²) in [5.74, 6) is -1.77. The first-order valence-electron chi connectivity index (χ1n) is 10.4. The van der Waals surface area contributed by atoms with Crippen molar-refractivity contribution in [2.75, 3.05) is 20.3 Å². The number of aryl methyl sites for hydroxylation is 1. The minimum absolute atomic E-state index is 0.320. The van der Waals surface area contributed by atoms with E-state index >= 15 is 0 Å². The molecule has 2 aliphatic rings. The SMILES string of the molecule is COC(=O)C(CCc1ccccc1)N[C@@H](C)C(=O)N1C(C(=O)O)CCC12CCOC2. The molecule has 0 aliphatic carbocycles. The van der Waals surface area contributed by atoms with Crippen molar-refractivity contribution >= 4 is 17.8 Å². The number of ether oxygens (including phenoxy) is 2. The Morgan fingerprint density at radius 2 is 2.03 bits per heavy atom. The van der Waals surface area contributed by atoms with Crippen LogP contribution in [0, 0.1) is 0 Å². The van der Waals surface area contributed by atoms with Crippen LogP contribution in [0.1, 0.15) is 38.2 Å². The van der Waals surface area contributed by atoms with Gasteiger partial charge in [-0.05, 0) is 44.6 Å². The van der Waals surface area contributed by atoms with Crippen LogP contribution in [0.4, 0.5) is 0 Å². The van der Waals surface area contributed by atoms with Crippen molar-refractivity contribution < 1.29 is 29.0 Å². The summed E-state index contributed by atoms with van der Waals surface area (Å²) < 4.78 is 10.4. The van der Waals surface area contributed by atoms with Crippen LogP contribution in [0.3, 0.4) is 0 Å². The number of methoxy groups -OCH3 is 1. The Kier molecular flexibility index (Phi) is 7.10.